The number of carboxylic acid groups (broad SMARTS) is 1. The van der Waals surface area contributed by atoms with Crippen LogP contribution in [0.3, 0.4) is 0 Å². The van der Waals surface area contributed by atoms with Gasteiger partial charge in [0.15, 0.2) is 0 Å². The van der Waals surface area contributed by atoms with Crippen LogP contribution in [0, 0.1) is 0 Å². The van der Waals surface area contributed by atoms with E-state index in [-0.39, 0.29) is 11.5 Å². The Morgan fingerprint density at radius 2 is 1.67 bits per heavy atom. The number of amides is 1. The number of benzene rings is 1. The predicted octanol–water partition coefficient (Wildman–Crippen LogP) is 1.69. The van der Waals surface area contributed by atoms with E-state index >= 15 is 0 Å². The van der Waals surface area contributed by atoms with E-state index in [0.717, 1.165) is 25.9 Å². The SMILES string of the molecule is CN1C2CCC1CN(C(=O)c1ccc(C(=O)O)cc1)CC2. The maximum atomic E-state index is 12.6. The topological polar surface area (TPSA) is 60.9 Å². The lowest BCUT2D eigenvalue weighted by Crippen LogP contribution is -2.39. The molecule has 0 saturated carbocycles. The highest BCUT2D eigenvalue weighted by molar-refractivity contribution is 5.96. The Morgan fingerprint density at radius 1 is 1.05 bits per heavy atom. The number of hydrogen-bond acceptors (Lipinski definition) is 3. The maximum absolute atomic E-state index is 12.6. The van der Waals surface area contributed by atoms with E-state index in [0.29, 0.717) is 17.6 Å². The molecule has 1 N–H and O–H groups in total. The molecule has 0 aliphatic carbocycles. The molecule has 21 heavy (non-hydrogen) atoms. The molecular formula is C16H20N2O3. The van der Waals surface area contributed by atoms with Gasteiger partial charge in [0.05, 0.1) is 5.56 Å². The molecule has 5 heteroatoms. The average molecular weight is 288 g/mol. The van der Waals surface area contributed by atoms with E-state index in [2.05, 4.69) is 11.9 Å². The number of carbonyl (C=O) groups is 2. The Kier molecular flexibility index (Phi) is 3.68. The van der Waals surface area contributed by atoms with Gasteiger partial charge in [0, 0.05) is 30.7 Å². The van der Waals surface area contributed by atoms with Gasteiger partial charge in [-0.2, -0.15) is 0 Å². The molecule has 2 aliphatic heterocycles. The second-order valence-electron chi connectivity index (χ2n) is 5.97. The Labute approximate surface area is 124 Å². The first-order valence-electron chi connectivity index (χ1n) is 7.41. The monoisotopic (exact) mass is 288 g/mol. The molecule has 5 nitrogen and oxygen atoms in total. The van der Waals surface area contributed by atoms with Crippen molar-refractivity contribution < 1.29 is 14.7 Å². The fourth-order valence-electron chi connectivity index (χ4n) is 3.43. The molecule has 112 valence electrons. The Hall–Kier alpha value is -1.88. The fraction of sp³-hybridized carbons (Fsp3) is 0.500. The fourth-order valence-corrected chi connectivity index (χ4v) is 3.43. The number of carbonyl (C=O) groups excluding carboxylic acids is 1. The van der Waals surface area contributed by atoms with Gasteiger partial charge in [-0.15, -0.1) is 0 Å². The molecule has 0 radical (unpaired) electrons. The zero-order valence-corrected chi connectivity index (χ0v) is 12.2. The Morgan fingerprint density at radius 3 is 2.33 bits per heavy atom. The summed E-state index contributed by atoms with van der Waals surface area (Å²) in [5, 5.41) is 8.90. The molecule has 2 saturated heterocycles. The van der Waals surface area contributed by atoms with E-state index in [1.165, 1.54) is 18.6 Å². The number of hydrogen-bond donors (Lipinski definition) is 1. The van der Waals surface area contributed by atoms with Crippen molar-refractivity contribution in [1.82, 2.24) is 9.80 Å². The molecule has 2 fully saturated rings. The van der Waals surface area contributed by atoms with E-state index < -0.39 is 5.97 Å². The Bertz CT molecular complexity index is 555. The van der Waals surface area contributed by atoms with Crippen LogP contribution in [0.5, 0.6) is 0 Å². The molecule has 1 aromatic rings. The first-order chi connectivity index (χ1) is 10.1. The summed E-state index contributed by atoms with van der Waals surface area (Å²) in [6.07, 6.45) is 3.41. The number of carboxylic acids is 1. The first kappa shape index (κ1) is 14.1. The van der Waals surface area contributed by atoms with Crippen molar-refractivity contribution in [1.29, 1.82) is 0 Å². The minimum Gasteiger partial charge on any atom is -0.478 e. The third-order valence-electron chi connectivity index (χ3n) is 4.81. The average Bonchev–Trinajstić information content (AvgIpc) is 2.71. The molecule has 2 unspecified atom stereocenters. The molecule has 3 rings (SSSR count). The van der Waals surface area contributed by atoms with Crippen molar-refractivity contribution in [3.8, 4) is 0 Å². The predicted molar refractivity (Wildman–Crippen MR) is 78.5 cm³/mol. The normalized spacial score (nSPS) is 25.7. The van der Waals surface area contributed by atoms with Crippen LogP contribution in [-0.4, -0.2) is 59.0 Å². The standard InChI is InChI=1S/C16H20N2O3/c1-17-13-6-7-14(17)10-18(9-8-13)15(19)11-2-4-12(5-3-11)16(20)21/h2-5,13-14H,6-10H2,1H3,(H,20,21). The summed E-state index contributed by atoms with van der Waals surface area (Å²) in [7, 11) is 2.15. The van der Waals surface area contributed by atoms with Gasteiger partial charge in [-0.1, -0.05) is 0 Å². The highest BCUT2D eigenvalue weighted by atomic mass is 16.4. The summed E-state index contributed by atoms with van der Waals surface area (Å²) in [5.41, 5.74) is 0.779. The first-order valence-corrected chi connectivity index (χ1v) is 7.41. The lowest BCUT2D eigenvalue weighted by Gasteiger charge is -2.26. The van der Waals surface area contributed by atoms with Gasteiger partial charge in [-0.25, -0.2) is 4.79 Å². The number of aromatic carboxylic acids is 1. The second kappa shape index (κ2) is 5.48. The van der Waals surface area contributed by atoms with Crippen molar-refractivity contribution in [3.63, 3.8) is 0 Å². The van der Waals surface area contributed by atoms with Crippen LogP contribution in [0.1, 0.15) is 40.0 Å². The van der Waals surface area contributed by atoms with Gasteiger partial charge in [0.25, 0.3) is 5.91 Å². The third kappa shape index (κ3) is 2.65. The van der Waals surface area contributed by atoms with Gasteiger partial charge in [-0.05, 0) is 50.6 Å². The molecule has 1 aromatic carbocycles. The zero-order chi connectivity index (χ0) is 15.0. The lowest BCUT2D eigenvalue weighted by atomic mass is 10.1. The summed E-state index contributed by atoms with van der Waals surface area (Å²) in [6, 6.07) is 7.26. The molecule has 2 atom stereocenters. The van der Waals surface area contributed by atoms with Crippen molar-refractivity contribution in [3.05, 3.63) is 35.4 Å². The van der Waals surface area contributed by atoms with Crippen molar-refractivity contribution >= 4 is 11.9 Å². The van der Waals surface area contributed by atoms with E-state index in [1.807, 2.05) is 4.90 Å². The van der Waals surface area contributed by atoms with E-state index in [9.17, 15) is 9.59 Å². The van der Waals surface area contributed by atoms with Crippen molar-refractivity contribution in [2.75, 3.05) is 20.1 Å². The van der Waals surface area contributed by atoms with Crippen LogP contribution in [-0.2, 0) is 0 Å². The van der Waals surface area contributed by atoms with Gasteiger partial charge >= 0.3 is 5.97 Å². The van der Waals surface area contributed by atoms with E-state index in [4.69, 9.17) is 5.11 Å². The summed E-state index contributed by atoms with van der Waals surface area (Å²) in [5.74, 6) is -0.962. The summed E-state index contributed by atoms with van der Waals surface area (Å²) >= 11 is 0. The molecule has 2 heterocycles. The maximum Gasteiger partial charge on any atom is 0.335 e. The Balaban J connectivity index is 1.74. The number of fused-ring (bicyclic) bond motifs is 2. The molecule has 0 aromatic heterocycles. The second-order valence-corrected chi connectivity index (χ2v) is 5.97. The molecule has 0 spiro atoms. The molecule has 2 bridgehead atoms. The number of likely N-dealkylation sites (N-methyl/N-ethyl adjacent to an activating group) is 1. The van der Waals surface area contributed by atoms with Crippen LogP contribution < -0.4 is 0 Å². The quantitative estimate of drug-likeness (QED) is 0.899. The van der Waals surface area contributed by atoms with Gasteiger partial charge in [0.1, 0.15) is 0 Å². The minimum absolute atomic E-state index is 0.00730. The smallest absolute Gasteiger partial charge is 0.335 e. The van der Waals surface area contributed by atoms with Crippen LogP contribution in [0.25, 0.3) is 0 Å². The molecule has 1 amide bonds. The summed E-state index contributed by atoms with van der Waals surface area (Å²) in [4.78, 5) is 27.7. The van der Waals surface area contributed by atoms with Crippen LogP contribution >= 0.6 is 0 Å². The number of likely N-dealkylation sites (tertiary alicyclic amines) is 1. The number of nitrogens with zero attached hydrogens (tertiary/aromatic N) is 2. The lowest BCUT2D eigenvalue weighted by molar-refractivity contribution is 0.0693. The minimum atomic E-state index is -0.970. The zero-order valence-electron chi connectivity index (χ0n) is 12.2. The highest BCUT2D eigenvalue weighted by Crippen LogP contribution is 2.29. The van der Waals surface area contributed by atoms with Gasteiger partial charge < -0.3 is 10.0 Å². The van der Waals surface area contributed by atoms with Gasteiger partial charge in [0.2, 0.25) is 0 Å². The van der Waals surface area contributed by atoms with Gasteiger partial charge in [-0.3, -0.25) is 9.69 Å². The largest absolute Gasteiger partial charge is 0.478 e. The van der Waals surface area contributed by atoms with Crippen LogP contribution in [0.15, 0.2) is 24.3 Å². The third-order valence-corrected chi connectivity index (χ3v) is 4.81. The van der Waals surface area contributed by atoms with Crippen molar-refractivity contribution in [2.24, 2.45) is 0 Å². The summed E-state index contributed by atoms with van der Waals surface area (Å²) in [6.45, 7) is 1.55. The summed E-state index contributed by atoms with van der Waals surface area (Å²) < 4.78 is 0. The van der Waals surface area contributed by atoms with Crippen molar-refractivity contribution in [2.45, 2.75) is 31.3 Å². The molecule has 2 aliphatic rings. The van der Waals surface area contributed by atoms with Crippen LogP contribution in [0.4, 0.5) is 0 Å². The van der Waals surface area contributed by atoms with Crippen LogP contribution in [0.2, 0.25) is 0 Å². The molecular weight excluding hydrogens is 268 g/mol. The number of rotatable bonds is 2. The van der Waals surface area contributed by atoms with E-state index in [1.54, 1.807) is 12.1 Å². The highest BCUT2D eigenvalue weighted by Gasteiger charge is 2.36.